The monoisotopic (exact) mass is 542 g/mol. The number of methoxy groups -OCH3 is 1. The molecule has 1 atom stereocenters. The van der Waals surface area contributed by atoms with E-state index in [0.717, 1.165) is 42.4 Å². The third-order valence-electron chi connectivity index (χ3n) is 7.64. The lowest BCUT2D eigenvalue weighted by Crippen LogP contribution is -2.51. The molecule has 1 N–H and O–H groups in total. The molecule has 0 aromatic heterocycles. The van der Waals surface area contributed by atoms with Gasteiger partial charge in [0.1, 0.15) is 0 Å². The summed E-state index contributed by atoms with van der Waals surface area (Å²) in [4.78, 5) is 30.0. The minimum atomic E-state index is -0.274. The maximum Gasteiger partial charge on any atom is 0.228 e. The zero-order chi connectivity index (χ0) is 27.4. The summed E-state index contributed by atoms with van der Waals surface area (Å²) in [6.07, 6.45) is 4.11. The summed E-state index contributed by atoms with van der Waals surface area (Å²) in [6.45, 7) is 6.18. The molecule has 4 rings (SSSR count). The molecular formula is C30H39ClN2O5. The first-order chi connectivity index (χ1) is 18.2. The second-order valence-electron chi connectivity index (χ2n) is 10.6. The molecule has 1 unspecified atom stereocenters. The first kappa shape index (κ1) is 28.2. The van der Waals surface area contributed by atoms with Crippen LogP contribution in [0.25, 0.3) is 0 Å². The first-order valence-corrected chi connectivity index (χ1v) is 13.9. The van der Waals surface area contributed by atoms with Crippen LogP contribution < -0.4 is 9.47 Å². The summed E-state index contributed by atoms with van der Waals surface area (Å²) in [5.74, 6) is 1.42. The van der Waals surface area contributed by atoms with Crippen LogP contribution in [0.4, 0.5) is 0 Å². The molecule has 1 aliphatic carbocycles. The summed E-state index contributed by atoms with van der Waals surface area (Å²) in [6, 6.07) is 11.6. The van der Waals surface area contributed by atoms with E-state index in [4.69, 9.17) is 21.1 Å². The number of fused-ring (bicyclic) bond motifs is 1. The molecule has 0 saturated heterocycles. The van der Waals surface area contributed by atoms with E-state index in [-0.39, 0.29) is 42.7 Å². The van der Waals surface area contributed by atoms with E-state index >= 15 is 0 Å². The minimum Gasteiger partial charge on any atom is -0.493 e. The van der Waals surface area contributed by atoms with E-state index in [2.05, 4.69) is 4.90 Å². The molecule has 2 amide bonds. The molecule has 0 bridgehead atoms. The standard InChI is InChI=1S/C30H39ClN2O5/c1-19(2)38-28-18-26-22(16-27(28)37-4)17-29(36)33(30(26)21-6-8-23(31)9-7-21)25-12-10-24(11-13-25)32(20(3)35)14-5-15-34/h6-9,16,18-19,24-25,30,34H,5,10-15,17H2,1-4H3/t24-,25-,30?. The molecule has 1 aliphatic heterocycles. The van der Waals surface area contributed by atoms with Crippen molar-refractivity contribution in [3.8, 4) is 11.5 Å². The number of aliphatic hydroxyl groups excluding tert-OH is 1. The van der Waals surface area contributed by atoms with Gasteiger partial charge in [-0.3, -0.25) is 9.59 Å². The van der Waals surface area contributed by atoms with E-state index in [9.17, 15) is 14.7 Å². The zero-order valence-electron chi connectivity index (χ0n) is 22.8. The average Bonchev–Trinajstić information content (AvgIpc) is 2.88. The van der Waals surface area contributed by atoms with Crippen LogP contribution in [0.2, 0.25) is 5.02 Å². The van der Waals surface area contributed by atoms with Gasteiger partial charge in [-0.2, -0.15) is 0 Å². The van der Waals surface area contributed by atoms with Gasteiger partial charge in [-0.15, -0.1) is 0 Å². The molecule has 0 radical (unpaired) electrons. The fourth-order valence-electron chi connectivity index (χ4n) is 5.96. The van der Waals surface area contributed by atoms with Gasteiger partial charge in [-0.05, 0) is 86.9 Å². The Bertz CT molecular complexity index is 1130. The van der Waals surface area contributed by atoms with Gasteiger partial charge < -0.3 is 24.4 Å². The van der Waals surface area contributed by atoms with Crippen LogP contribution >= 0.6 is 11.6 Å². The van der Waals surface area contributed by atoms with Crippen molar-refractivity contribution in [2.75, 3.05) is 20.3 Å². The maximum absolute atomic E-state index is 13.8. The fraction of sp³-hybridized carbons (Fsp3) is 0.533. The van der Waals surface area contributed by atoms with Gasteiger partial charge in [-0.1, -0.05) is 23.7 Å². The molecule has 1 fully saturated rings. The number of amides is 2. The number of ether oxygens (including phenoxy) is 2. The van der Waals surface area contributed by atoms with Gasteiger partial charge in [0.2, 0.25) is 11.8 Å². The second kappa shape index (κ2) is 12.4. The van der Waals surface area contributed by atoms with Gasteiger partial charge in [0, 0.05) is 37.2 Å². The summed E-state index contributed by atoms with van der Waals surface area (Å²) in [7, 11) is 1.62. The third kappa shape index (κ3) is 6.10. The average molecular weight is 543 g/mol. The van der Waals surface area contributed by atoms with Gasteiger partial charge >= 0.3 is 0 Å². The largest absolute Gasteiger partial charge is 0.493 e. The van der Waals surface area contributed by atoms with Gasteiger partial charge in [0.25, 0.3) is 0 Å². The van der Waals surface area contributed by atoms with Crippen molar-refractivity contribution in [3.63, 3.8) is 0 Å². The molecule has 206 valence electrons. The van der Waals surface area contributed by atoms with E-state index in [1.54, 1.807) is 14.0 Å². The number of benzene rings is 2. The van der Waals surface area contributed by atoms with E-state index < -0.39 is 0 Å². The number of aliphatic hydroxyl groups is 1. The van der Waals surface area contributed by atoms with Crippen molar-refractivity contribution in [3.05, 3.63) is 58.1 Å². The number of rotatable bonds is 9. The highest BCUT2D eigenvalue weighted by molar-refractivity contribution is 6.30. The second-order valence-corrected chi connectivity index (χ2v) is 11.0. The highest BCUT2D eigenvalue weighted by Crippen LogP contribution is 2.44. The highest BCUT2D eigenvalue weighted by atomic mass is 35.5. The molecule has 2 aromatic carbocycles. The van der Waals surface area contributed by atoms with Crippen LogP contribution in [0.3, 0.4) is 0 Å². The van der Waals surface area contributed by atoms with Gasteiger partial charge in [-0.25, -0.2) is 0 Å². The van der Waals surface area contributed by atoms with Crippen LogP contribution in [0, 0.1) is 0 Å². The van der Waals surface area contributed by atoms with E-state index in [0.29, 0.717) is 35.9 Å². The molecule has 2 aromatic rings. The Hall–Kier alpha value is -2.77. The van der Waals surface area contributed by atoms with Crippen molar-refractivity contribution in [2.24, 2.45) is 0 Å². The Labute approximate surface area is 230 Å². The summed E-state index contributed by atoms with van der Waals surface area (Å²) < 4.78 is 11.7. The predicted octanol–water partition coefficient (Wildman–Crippen LogP) is 5.15. The van der Waals surface area contributed by atoms with Crippen LogP contribution in [-0.4, -0.2) is 65.2 Å². The highest BCUT2D eigenvalue weighted by Gasteiger charge is 2.41. The maximum atomic E-state index is 13.8. The van der Waals surface area contributed by atoms with Crippen molar-refractivity contribution < 1.29 is 24.2 Å². The van der Waals surface area contributed by atoms with Crippen molar-refractivity contribution >= 4 is 23.4 Å². The number of nitrogens with zero attached hydrogens (tertiary/aromatic N) is 2. The Morgan fingerprint density at radius 1 is 1.13 bits per heavy atom. The molecule has 38 heavy (non-hydrogen) atoms. The Kier molecular flexibility index (Phi) is 9.21. The lowest BCUT2D eigenvalue weighted by molar-refractivity contribution is -0.139. The van der Waals surface area contributed by atoms with Crippen molar-refractivity contribution in [2.45, 2.75) is 83.5 Å². The number of hydrogen-bond acceptors (Lipinski definition) is 5. The lowest BCUT2D eigenvalue weighted by Gasteiger charge is -2.46. The SMILES string of the molecule is COc1cc2c(cc1OC(C)C)C(c1ccc(Cl)cc1)N([C@H]1CC[C@H](N(CCCO)C(C)=O)CC1)C(=O)C2. The summed E-state index contributed by atoms with van der Waals surface area (Å²) in [5.41, 5.74) is 2.98. The van der Waals surface area contributed by atoms with Crippen molar-refractivity contribution in [1.29, 1.82) is 0 Å². The lowest BCUT2D eigenvalue weighted by atomic mass is 9.82. The Balaban J connectivity index is 1.68. The molecule has 2 aliphatic rings. The minimum absolute atomic E-state index is 0.0254. The normalized spacial score (nSPS) is 21.3. The van der Waals surface area contributed by atoms with E-state index in [1.165, 1.54) is 0 Å². The van der Waals surface area contributed by atoms with Crippen LogP contribution in [-0.2, 0) is 16.0 Å². The van der Waals surface area contributed by atoms with Crippen LogP contribution in [0.15, 0.2) is 36.4 Å². The molecular weight excluding hydrogens is 504 g/mol. The zero-order valence-corrected chi connectivity index (χ0v) is 23.5. The van der Waals surface area contributed by atoms with Crippen LogP contribution in [0.5, 0.6) is 11.5 Å². The molecule has 1 saturated carbocycles. The number of carbonyl (C=O) groups is 2. The molecule has 1 heterocycles. The first-order valence-electron chi connectivity index (χ1n) is 13.6. The Morgan fingerprint density at radius 2 is 1.82 bits per heavy atom. The van der Waals surface area contributed by atoms with Crippen LogP contribution in [0.1, 0.15) is 75.6 Å². The summed E-state index contributed by atoms with van der Waals surface area (Å²) >= 11 is 6.23. The number of halogens is 1. The van der Waals surface area contributed by atoms with Gasteiger partial charge in [0.15, 0.2) is 11.5 Å². The third-order valence-corrected chi connectivity index (χ3v) is 7.89. The Morgan fingerprint density at radius 3 is 2.39 bits per heavy atom. The summed E-state index contributed by atoms with van der Waals surface area (Å²) in [5, 5.41) is 9.91. The van der Waals surface area contributed by atoms with Crippen molar-refractivity contribution in [1.82, 2.24) is 9.80 Å². The molecule has 0 spiro atoms. The smallest absolute Gasteiger partial charge is 0.228 e. The number of carbonyl (C=O) groups excluding carboxylic acids is 2. The predicted molar refractivity (Wildman–Crippen MR) is 148 cm³/mol. The topological polar surface area (TPSA) is 79.3 Å². The van der Waals surface area contributed by atoms with Gasteiger partial charge in [0.05, 0.1) is 25.7 Å². The fourth-order valence-corrected chi connectivity index (χ4v) is 6.09. The number of hydrogen-bond donors (Lipinski definition) is 1. The molecule has 8 heteroatoms. The van der Waals surface area contributed by atoms with E-state index in [1.807, 2.05) is 55.1 Å². The molecule has 7 nitrogen and oxygen atoms in total. The quantitative estimate of drug-likeness (QED) is 0.474.